The van der Waals surface area contributed by atoms with Gasteiger partial charge in [-0.1, -0.05) is 30.3 Å². The standard InChI is InChI=1S/C26H21N3O5/c1-31-21-14-16(15-22(32-2)23(21)33-3)13-20-24-27-19-12-8-7-11-18(19)26(30)29(24)34-25(28-20)17-9-5-4-6-10-17/h4-15H,1-3H3/b20-13-. The molecule has 170 valence electrons. The van der Waals surface area contributed by atoms with Crippen LogP contribution in [0.5, 0.6) is 17.2 Å². The van der Waals surface area contributed by atoms with Crippen LogP contribution in [0, 0.1) is 0 Å². The molecule has 0 unspecified atom stereocenters. The Hall–Kier alpha value is -4.59. The molecule has 8 nitrogen and oxygen atoms in total. The fourth-order valence-electron chi connectivity index (χ4n) is 3.77. The summed E-state index contributed by atoms with van der Waals surface area (Å²) in [6.07, 6.45) is 1.79. The Kier molecular flexibility index (Phi) is 5.47. The van der Waals surface area contributed by atoms with E-state index in [1.165, 1.54) is 4.73 Å². The third-order valence-electron chi connectivity index (χ3n) is 5.38. The van der Waals surface area contributed by atoms with Crippen molar-refractivity contribution in [2.75, 3.05) is 21.3 Å². The van der Waals surface area contributed by atoms with E-state index in [9.17, 15) is 4.79 Å². The van der Waals surface area contributed by atoms with E-state index in [2.05, 4.69) is 4.98 Å². The second-order valence-electron chi connectivity index (χ2n) is 7.41. The first-order chi connectivity index (χ1) is 16.6. The first kappa shape index (κ1) is 21.3. The van der Waals surface area contributed by atoms with Crippen LogP contribution in [0.15, 0.2) is 76.5 Å². The molecule has 0 atom stereocenters. The highest BCUT2D eigenvalue weighted by molar-refractivity contribution is 6.01. The van der Waals surface area contributed by atoms with E-state index < -0.39 is 0 Å². The Bertz CT molecular complexity index is 1480. The van der Waals surface area contributed by atoms with Gasteiger partial charge in [0.2, 0.25) is 5.75 Å². The molecular weight excluding hydrogens is 434 g/mol. The van der Waals surface area contributed by atoms with Crippen molar-refractivity contribution >= 4 is 28.6 Å². The van der Waals surface area contributed by atoms with E-state index in [-0.39, 0.29) is 17.3 Å². The first-order valence-electron chi connectivity index (χ1n) is 10.5. The van der Waals surface area contributed by atoms with Gasteiger partial charge in [0.05, 0.1) is 32.2 Å². The summed E-state index contributed by atoms with van der Waals surface area (Å²) < 4.78 is 17.6. The molecule has 0 amide bonds. The number of ether oxygens (including phenoxy) is 3. The molecule has 0 radical (unpaired) electrons. The minimum absolute atomic E-state index is 0.283. The average molecular weight is 455 g/mol. The van der Waals surface area contributed by atoms with Gasteiger partial charge >= 0.3 is 0 Å². The molecule has 5 rings (SSSR count). The van der Waals surface area contributed by atoms with Gasteiger partial charge in [0.25, 0.3) is 11.5 Å². The fourth-order valence-corrected chi connectivity index (χ4v) is 3.77. The van der Waals surface area contributed by atoms with E-state index in [0.717, 1.165) is 11.1 Å². The summed E-state index contributed by atoms with van der Waals surface area (Å²) >= 11 is 0. The Labute approximate surface area is 195 Å². The zero-order chi connectivity index (χ0) is 23.7. The number of aromatic nitrogens is 2. The molecule has 0 saturated carbocycles. The highest BCUT2D eigenvalue weighted by atomic mass is 16.7. The second kappa shape index (κ2) is 8.74. The zero-order valence-corrected chi connectivity index (χ0v) is 18.8. The lowest BCUT2D eigenvalue weighted by atomic mass is 10.1. The van der Waals surface area contributed by atoms with Gasteiger partial charge in [0.1, 0.15) is 5.70 Å². The quantitative estimate of drug-likeness (QED) is 0.455. The summed E-state index contributed by atoms with van der Waals surface area (Å²) in [6, 6.07) is 20.1. The summed E-state index contributed by atoms with van der Waals surface area (Å²) in [5.41, 5.74) is 2.12. The van der Waals surface area contributed by atoms with Gasteiger partial charge in [0.15, 0.2) is 17.3 Å². The number of hydrogen-bond donors (Lipinski definition) is 0. The van der Waals surface area contributed by atoms with Crippen molar-refractivity contribution in [2.24, 2.45) is 4.99 Å². The molecule has 4 aromatic rings. The Morgan fingerprint density at radius 2 is 1.56 bits per heavy atom. The molecule has 0 bridgehead atoms. The maximum Gasteiger partial charge on any atom is 0.295 e. The van der Waals surface area contributed by atoms with Crippen LogP contribution in [-0.2, 0) is 0 Å². The van der Waals surface area contributed by atoms with Gasteiger partial charge in [-0.2, -0.15) is 0 Å². The molecule has 0 aliphatic carbocycles. The van der Waals surface area contributed by atoms with Crippen molar-refractivity contribution in [3.63, 3.8) is 0 Å². The van der Waals surface area contributed by atoms with Gasteiger partial charge in [-0.15, -0.1) is 4.73 Å². The monoisotopic (exact) mass is 455 g/mol. The molecule has 8 heteroatoms. The van der Waals surface area contributed by atoms with Crippen molar-refractivity contribution in [1.29, 1.82) is 0 Å². The molecule has 0 spiro atoms. The number of hydrogen-bond acceptors (Lipinski definition) is 7. The van der Waals surface area contributed by atoms with Crippen molar-refractivity contribution in [3.8, 4) is 17.2 Å². The normalized spacial score (nSPS) is 13.7. The highest BCUT2D eigenvalue weighted by Crippen LogP contribution is 2.39. The number of nitrogens with zero attached hydrogens (tertiary/aromatic N) is 3. The number of para-hydroxylation sites is 1. The third-order valence-corrected chi connectivity index (χ3v) is 5.38. The molecule has 1 aliphatic rings. The van der Waals surface area contributed by atoms with Gasteiger partial charge in [-0.3, -0.25) is 4.79 Å². The molecule has 2 heterocycles. The maximum absolute atomic E-state index is 13.3. The first-order valence-corrected chi connectivity index (χ1v) is 10.5. The molecule has 0 saturated heterocycles. The van der Waals surface area contributed by atoms with Crippen LogP contribution in [0.25, 0.3) is 22.7 Å². The number of fused-ring (bicyclic) bond motifs is 2. The molecule has 0 N–H and O–H groups in total. The molecular formula is C26H21N3O5. The van der Waals surface area contributed by atoms with Gasteiger partial charge in [-0.05, 0) is 48.0 Å². The summed E-state index contributed by atoms with van der Waals surface area (Å²) in [4.78, 5) is 28.6. The minimum Gasteiger partial charge on any atom is -0.493 e. The summed E-state index contributed by atoms with van der Waals surface area (Å²) in [5, 5.41) is 0.452. The number of methoxy groups -OCH3 is 3. The summed E-state index contributed by atoms with van der Waals surface area (Å²) in [5.74, 6) is 2.05. The van der Waals surface area contributed by atoms with E-state index in [4.69, 9.17) is 24.0 Å². The van der Waals surface area contributed by atoms with E-state index >= 15 is 0 Å². The van der Waals surface area contributed by atoms with Crippen molar-refractivity contribution in [2.45, 2.75) is 0 Å². The zero-order valence-electron chi connectivity index (χ0n) is 18.8. The summed E-state index contributed by atoms with van der Waals surface area (Å²) in [6.45, 7) is 0. The van der Waals surface area contributed by atoms with Crippen LogP contribution in [0.1, 0.15) is 17.0 Å². The van der Waals surface area contributed by atoms with Crippen molar-refractivity contribution in [3.05, 3.63) is 94.0 Å². The maximum atomic E-state index is 13.3. The number of aliphatic imine (C=N–C) groups is 1. The van der Waals surface area contributed by atoms with Gasteiger partial charge in [0, 0.05) is 5.56 Å². The van der Waals surface area contributed by atoms with Crippen LogP contribution < -0.4 is 24.6 Å². The molecule has 3 aromatic carbocycles. The van der Waals surface area contributed by atoms with Crippen molar-refractivity contribution < 1.29 is 19.0 Å². The summed E-state index contributed by atoms with van der Waals surface area (Å²) in [7, 11) is 4.65. The molecule has 0 fully saturated rings. The number of benzene rings is 3. The van der Waals surface area contributed by atoms with Crippen LogP contribution in [0.4, 0.5) is 0 Å². The molecule has 1 aromatic heterocycles. The highest BCUT2D eigenvalue weighted by Gasteiger charge is 2.24. The van der Waals surface area contributed by atoms with Gasteiger partial charge in [-0.25, -0.2) is 9.98 Å². The lowest BCUT2D eigenvalue weighted by Gasteiger charge is -2.20. The SMILES string of the molecule is COc1cc(/C=C2\N=C(c3ccccc3)On3c2nc2ccccc2c3=O)cc(OC)c1OC. The molecule has 1 aliphatic heterocycles. The van der Waals surface area contributed by atoms with Crippen LogP contribution in [-0.4, -0.2) is 36.9 Å². The third kappa shape index (κ3) is 3.65. The largest absolute Gasteiger partial charge is 0.493 e. The number of rotatable bonds is 5. The van der Waals surface area contributed by atoms with E-state index in [0.29, 0.717) is 33.8 Å². The average Bonchev–Trinajstić information content (AvgIpc) is 2.89. The molecule has 34 heavy (non-hydrogen) atoms. The smallest absolute Gasteiger partial charge is 0.295 e. The predicted molar refractivity (Wildman–Crippen MR) is 130 cm³/mol. The topological polar surface area (TPSA) is 84.2 Å². The van der Waals surface area contributed by atoms with Crippen LogP contribution in [0.3, 0.4) is 0 Å². The second-order valence-corrected chi connectivity index (χ2v) is 7.41. The van der Waals surface area contributed by atoms with Crippen molar-refractivity contribution in [1.82, 2.24) is 9.71 Å². The Morgan fingerprint density at radius 1 is 0.882 bits per heavy atom. The van der Waals surface area contributed by atoms with Crippen LogP contribution in [0.2, 0.25) is 0 Å². The Morgan fingerprint density at radius 3 is 2.24 bits per heavy atom. The van der Waals surface area contributed by atoms with E-state index in [1.807, 2.05) is 36.4 Å². The van der Waals surface area contributed by atoms with Gasteiger partial charge < -0.3 is 19.0 Å². The fraction of sp³-hybridized carbons (Fsp3) is 0.115. The predicted octanol–water partition coefficient (Wildman–Crippen LogP) is 3.81. The lowest BCUT2D eigenvalue weighted by Crippen LogP contribution is -2.37. The minimum atomic E-state index is -0.320. The lowest BCUT2D eigenvalue weighted by molar-refractivity contribution is 0.239. The Balaban J connectivity index is 1.76. The van der Waals surface area contributed by atoms with E-state index in [1.54, 1.807) is 57.7 Å². The van der Waals surface area contributed by atoms with Crippen LogP contribution >= 0.6 is 0 Å².